The minimum atomic E-state index is -0.982. The van der Waals surface area contributed by atoms with Crippen molar-refractivity contribution >= 4 is 28.8 Å². The molecule has 6 heteroatoms. The maximum atomic E-state index is 12.1. The molecule has 2 N–H and O–H groups in total. The molecule has 0 amide bonds. The fourth-order valence-corrected chi connectivity index (χ4v) is 3.65. The quantitative estimate of drug-likeness (QED) is 0.882. The van der Waals surface area contributed by atoms with Gasteiger partial charge in [0.15, 0.2) is 0 Å². The number of carboxylic acid groups (broad SMARTS) is 1. The van der Waals surface area contributed by atoms with E-state index >= 15 is 0 Å². The molecule has 0 radical (unpaired) electrons. The zero-order chi connectivity index (χ0) is 13.4. The van der Waals surface area contributed by atoms with E-state index in [0.29, 0.717) is 5.52 Å². The number of benzene rings is 1. The highest BCUT2D eigenvalue weighted by atomic mass is 32.2. The van der Waals surface area contributed by atoms with E-state index in [0.717, 1.165) is 29.9 Å². The van der Waals surface area contributed by atoms with Crippen molar-refractivity contribution in [3.63, 3.8) is 0 Å². The molecule has 3 rings (SSSR count). The maximum absolute atomic E-state index is 12.1. The molecule has 19 heavy (non-hydrogen) atoms. The number of carbonyl (C=O) groups is 1. The first-order valence-electron chi connectivity index (χ1n) is 6.22. The van der Waals surface area contributed by atoms with Gasteiger partial charge in [0.25, 0.3) is 0 Å². The van der Waals surface area contributed by atoms with Gasteiger partial charge >= 0.3 is 11.7 Å². The lowest BCUT2D eigenvalue weighted by molar-refractivity contribution is 0.0697. The summed E-state index contributed by atoms with van der Waals surface area (Å²) in [7, 11) is 0. The van der Waals surface area contributed by atoms with Gasteiger partial charge in [-0.2, -0.15) is 11.8 Å². The number of nitrogens with zero attached hydrogens (tertiary/aromatic N) is 1. The van der Waals surface area contributed by atoms with Crippen LogP contribution in [0.1, 0.15) is 29.2 Å². The lowest BCUT2D eigenvalue weighted by Crippen LogP contribution is -2.25. The van der Waals surface area contributed by atoms with Gasteiger partial charge in [-0.05, 0) is 42.5 Å². The topological polar surface area (TPSA) is 75.1 Å². The first-order chi connectivity index (χ1) is 9.16. The first-order valence-corrected chi connectivity index (χ1v) is 7.37. The van der Waals surface area contributed by atoms with Crippen LogP contribution in [0.25, 0.3) is 11.0 Å². The van der Waals surface area contributed by atoms with Crippen molar-refractivity contribution in [2.75, 3.05) is 11.5 Å². The fraction of sp³-hybridized carbons (Fsp3) is 0.385. The number of thioether (sulfide) groups is 1. The largest absolute Gasteiger partial charge is 0.478 e. The highest BCUT2D eigenvalue weighted by Crippen LogP contribution is 2.28. The molecule has 2 aromatic rings. The summed E-state index contributed by atoms with van der Waals surface area (Å²) >= 11 is 1.91. The molecule has 1 aromatic carbocycles. The van der Waals surface area contributed by atoms with Gasteiger partial charge in [-0.1, -0.05) is 0 Å². The monoisotopic (exact) mass is 278 g/mol. The van der Waals surface area contributed by atoms with Crippen LogP contribution in [0.3, 0.4) is 0 Å². The van der Waals surface area contributed by atoms with Crippen LogP contribution < -0.4 is 5.69 Å². The normalized spacial score (nSPS) is 16.8. The summed E-state index contributed by atoms with van der Waals surface area (Å²) in [4.78, 5) is 25.8. The summed E-state index contributed by atoms with van der Waals surface area (Å²) in [6.07, 6.45) is 1.97. The Morgan fingerprint density at radius 1 is 1.37 bits per heavy atom. The number of fused-ring (bicyclic) bond motifs is 1. The Morgan fingerprint density at radius 2 is 2.11 bits per heavy atom. The molecule has 0 atom stereocenters. The predicted molar refractivity (Wildman–Crippen MR) is 75.1 cm³/mol. The molecule has 0 bridgehead atoms. The van der Waals surface area contributed by atoms with Crippen LogP contribution in [0, 0.1) is 0 Å². The second-order valence-electron chi connectivity index (χ2n) is 4.68. The molecule has 0 saturated carbocycles. The van der Waals surface area contributed by atoms with Crippen LogP contribution in [0.5, 0.6) is 0 Å². The molecule has 0 aliphatic carbocycles. The lowest BCUT2D eigenvalue weighted by atomic mass is 10.1. The van der Waals surface area contributed by atoms with Gasteiger partial charge in [0.05, 0.1) is 16.6 Å². The molecule has 1 saturated heterocycles. The molecule has 0 spiro atoms. The number of carboxylic acids is 1. The van der Waals surface area contributed by atoms with Gasteiger partial charge in [0.1, 0.15) is 0 Å². The van der Waals surface area contributed by atoms with Crippen LogP contribution in [0.15, 0.2) is 23.0 Å². The molecule has 1 fully saturated rings. The Labute approximate surface area is 113 Å². The molecule has 100 valence electrons. The van der Waals surface area contributed by atoms with Gasteiger partial charge in [0.2, 0.25) is 0 Å². The van der Waals surface area contributed by atoms with Crippen molar-refractivity contribution in [2.24, 2.45) is 0 Å². The SMILES string of the molecule is O=C(O)c1ccc2c(c1)[nH]c(=O)n2C1CCSCC1. The maximum Gasteiger partial charge on any atom is 0.335 e. The predicted octanol–water partition coefficient (Wildman–Crippen LogP) is 2.10. The molecule has 0 unspecified atom stereocenters. The van der Waals surface area contributed by atoms with E-state index in [4.69, 9.17) is 5.11 Å². The highest BCUT2D eigenvalue weighted by molar-refractivity contribution is 7.99. The van der Waals surface area contributed by atoms with Crippen molar-refractivity contribution in [2.45, 2.75) is 18.9 Å². The summed E-state index contributed by atoms with van der Waals surface area (Å²) in [5.41, 5.74) is 1.45. The average molecular weight is 278 g/mol. The van der Waals surface area contributed by atoms with Gasteiger partial charge < -0.3 is 10.1 Å². The zero-order valence-electron chi connectivity index (χ0n) is 10.3. The van der Waals surface area contributed by atoms with Crippen molar-refractivity contribution in [3.05, 3.63) is 34.2 Å². The lowest BCUT2D eigenvalue weighted by Gasteiger charge is -2.22. The van der Waals surface area contributed by atoms with Gasteiger partial charge in [-0.3, -0.25) is 4.57 Å². The zero-order valence-corrected chi connectivity index (χ0v) is 11.1. The Bertz CT molecular complexity index is 683. The van der Waals surface area contributed by atoms with E-state index in [1.54, 1.807) is 16.7 Å². The minimum absolute atomic E-state index is 0.144. The van der Waals surface area contributed by atoms with E-state index in [-0.39, 0.29) is 17.3 Å². The van der Waals surface area contributed by atoms with Gasteiger partial charge in [0, 0.05) is 6.04 Å². The number of aromatic nitrogens is 2. The number of hydrogen-bond acceptors (Lipinski definition) is 3. The third kappa shape index (κ3) is 2.16. The van der Waals surface area contributed by atoms with Crippen molar-refractivity contribution in [1.82, 2.24) is 9.55 Å². The van der Waals surface area contributed by atoms with E-state index in [2.05, 4.69) is 4.98 Å². The van der Waals surface area contributed by atoms with Crippen LogP contribution in [0.2, 0.25) is 0 Å². The molecule has 1 aromatic heterocycles. The summed E-state index contributed by atoms with van der Waals surface area (Å²) < 4.78 is 1.78. The Hall–Kier alpha value is -1.69. The van der Waals surface area contributed by atoms with Crippen LogP contribution in [-0.2, 0) is 0 Å². The summed E-state index contributed by atoms with van der Waals surface area (Å²) in [6.45, 7) is 0. The second kappa shape index (κ2) is 4.77. The summed E-state index contributed by atoms with van der Waals surface area (Å²) in [5, 5.41) is 8.97. The van der Waals surface area contributed by atoms with Crippen LogP contribution in [-0.4, -0.2) is 32.1 Å². The fourth-order valence-electron chi connectivity index (χ4n) is 2.57. The number of aromatic amines is 1. The summed E-state index contributed by atoms with van der Waals surface area (Å²) in [6, 6.07) is 5.01. The van der Waals surface area contributed by atoms with Crippen LogP contribution in [0.4, 0.5) is 0 Å². The molecule has 1 aliphatic heterocycles. The Balaban J connectivity index is 2.11. The van der Waals surface area contributed by atoms with Gasteiger partial charge in [-0.15, -0.1) is 0 Å². The average Bonchev–Trinajstić information content (AvgIpc) is 2.74. The van der Waals surface area contributed by atoms with E-state index in [1.165, 1.54) is 6.07 Å². The van der Waals surface area contributed by atoms with E-state index in [1.807, 2.05) is 11.8 Å². The second-order valence-corrected chi connectivity index (χ2v) is 5.91. The highest BCUT2D eigenvalue weighted by Gasteiger charge is 2.20. The van der Waals surface area contributed by atoms with E-state index < -0.39 is 5.97 Å². The first kappa shape index (κ1) is 12.3. The van der Waals surface area contributed by atoms with E-state index in [9.17, 15) is 9.59 Å². The third-order valence-corrected chi connectivity index (χ3v) is 4.57. The van der Waals surface area contributed by atoms with Crippen molar-refractivity contribution in [1.29, 1.82) is 0 Å². The molecular weight excluding hydrogens is 264 g/mol. The molecule has 1 aliphatic rings. The van der Waals surface area contributed by atoms with Crippen molar-refractivity contribution < 1.29 is 9.90 Å². The number of rotatable bonds is 2. The number of H-pyrrole nitrogens is 1. The van der Waals surface area contributed by atoms with Crippen LogP contribution >= 0.6 is 11.8 Å². The smallest absolute Gasteiger partial charge is 0.335 e. The Kier molecular flexibility index (Phi) is 3.10. The Morgan fingerprint density at radius 3 is 2.79 bits per heavy atom. The van der Waals surface area contributed by atoms with Crippen molar-refractivity contribution in [3.8, 4) is 0 Å². The number of imidazole rings is 1. The number of nitrogens with one attached hydrogen (secondary N) is 1. The number of aromatic carboxylic acids is 1. The molecule has 5 nitrogen and oxygen atoms in total. The van der Waals surface area contributed by atoms with Gasteiger partial charge in [-0.25, -0.2) is 9.59 Å². The summed E-state index contributed by atoms with van der Waals surface area (Å²) in [5.74, 6) is 1.15. The molecule has 2 heterocycles. The third-order valence-electron chi connectivity index (χ3n) is 3.52. The molecular formula is C13H14N2O3S. The minimum Gasteiger partial charge on any atom is -0.478 e. The number of hydrogen-bond donors (Lipinski definition) is 2. The standard InChI is InChI=1S/C13H14N2O3S/c16-12(17)8-1-2-11-10(7-8)14-13(18)15(11)9-3-5-19-6-4-9/h1-2,7,9H,3-6H2,(H,14,18)(H,16,17).